The molecule has 1 N–H and O–H groups in total. The maximum Gasteiger partial charge on any atom is 0.257 e. The van der Waals surface area contributed by atoms with E-state index in [2.05, 4.69) is 10.3 Å². The molecule has 2 aromatic rings. The van der Waals surface area contributed by atoms with Crippen LogP contribution in [0.4, 0.5) is 20.2 Å². The molecule has 1 atom stereocenters. The summed E-state index contributed by atoms with van der Waals surface area (Å²) in [5.41, 5.74) is 0.993. The van der Waals surface area contributed by atoms with Gasteiger partial charge in [0.05, 0.1) is 29.0 Å². The van der Waals surface area contributed by atoms with Crippen molar-refractivity contribution in [2.75, 3.05) is 28.3 Å². The summed E-state index contributed by atoms with van der Waals surface area (Å²) < 4.78 is 49.8. The van der Waals surface area contributed by atoms with Crippen molar-refractivity contribution in [3.63, 3.8) is 0 Å². The first-order valence-electron chi connectivity index (χ1n) is 8.47. The molecule has 9 heteroatoms. The van der Waals surface area contributed by atoms with E-state index in [1.54, 1.807) is 12.3 Å². The van der Waals surface area contributed by atoms with Gasteiger partial charge in [0.2, 0.25) is 0 Å². The lowest BCUT2D eigenvalue weighted by atomic mass is 10.1. The molecule has 0 bridgehead atoms. The van der Waals surface area contributed by atoms with Crippen molar-refractivity contribution in [2.45, 2.75) is 19.4 Å². The highest BCUT2D eigenvalue weighted by Crippen LogP contribution is 2.24. The zero-order chi connectivity index (χ0) is 19.6. The first-order valence-corrected chi connectivity index (χ1v) is 10.3. The maximum absolute atomic E-state index is 13.3. The smallest absolute Gasteiger partial charge is 0.257 e. The number of anilines is 2. The molecule has 1 saturated heterocycles. The molecule has 1 amide bonds. The van der Waals surface area contributed by atoms with Crippen LogP contribution in [0.5, 0.6) is 0 Å². The van der Waals surface area contributed by atoms with E-state index in [-0.39, 0.29) is 28.8 Å². The lowest BCUT2D eigenvalue weighted by Gasteiger charge is -2.29. The number of carbonyl (C=O) groups excluding carboxylic acids is 1. The Labute approximate surface area is 156 Å². The minimum absolute atomic E-state index is 0.0755. The van der Waals surface area contributed by atoms with E-state index in [1.807, 2.05) is 11.8 Å². The van der Waals surface area contributed by atoms with Crippen molar-refractivity contribution in [2.24, 2.45) is 0 Å². The highest BCUT2D eigenvalue weighted by Gasteiger charge is 2.32. The Morgan fingerprint density at radius 3 is 2.67 bits per heavy atom. The van der Waals surface area contributed by atoms with E-state index in [1.165, 1.54) is 12.3 Å². The monoisotopic (exact) mass is 395 g/mol. The molecule has 3 rings (SSSR count). The van der Waals surface area contributed by atoms with Gasteiger partial charge in [0.25, 0.3) is 5.91 Å². The van der Waals surface area contributed by atoms with Gasteiger partial charge in [0.1, 0.15) is 0 Å². The van der Waals surface area contributed by atoms with E-state index < -0.39 is 27.4 Å². The molecule has 1 aliphatic rings. The van der Waals surface area contributed by atoms with Gasteiger partial charge in [-0.2, -0.15) is 0 Å². The van der Waals surface area contributed by atoms with Gasteiger partial charge in [-0.3, -0.25) is 9.78 Å². The summed E-state index contributed by atoms with van der Waals surface area (Å²) in [7, 11) is -3.04. The van der Waals surface area contributed by atoms with E-state index >= 15 is 0 Å². The van der Waals surface area contributed by atoms with Crippen molar-refractivity contribution in [3.05, 3.63) is 53.9 Å². The van der Waals surface area contributed by atoms with Gasteiger partial charge in [-0.05, 0) is 31.5 Å². The Morgan fingerprint density at radius 2 is 2.04 bits per heavy atom. The van der Waals surface area contributed by atoms with Crippen LogP contribution in [0.1, 0.15) is 23.7 Å². The number of sulfone groups is 1. The molecular formula is C18H19F2N3O3S. The number of benzene rings is 1. The molecule has 0 spiro atoms. The third-order valence-corrected chi connectivity index (χ3v) is 6.24. The quantitative estimate of drug-likeness (QED) is 0.842. The molecule has 0 aliphatic carbocycles. The number of halogens is 2. The molecule has 2 heterocycles. The number of hydrogen-bond acceptors (Lipinski definition) is 5. The van der Waals surface area contributed by atoms with Crippen LogP contribution in [-0.2, 0) is 9.84 Å². The number of carbonyl (C=O) groups is 1. The lowest BCUT2D eigenvalue weighted by molar-refractivity contribution is 0.102. The summed E-state index contributed by atoms with van der Waals surface area (Å²) in [4.78, 5) is 18.4. The van der Waals surface area contributed by atoms with Crippen molar-refractivity contribution in [3.8, 4) is 0 Å². The van der Waals surface area contributed by atoms with Gasteiger partial charge in [-0.15, -0.1) is 0 Å². The van der Waals surface area contributed by atoms with Crippen molar-refractivity contribution < 1.29 is 22.0 Å². The number of aromatic nitrogens is 1. The number of nitrogens with zero attached hydrogens (tertiary/aromatic N) is 2. The normalized spacial score (nSPS) is 18.3. The first kappa shape index (κ1) is 19.2. The summed E-state index contributed by atoms with van der Waals surface area (Å²) in [5.74, 6) is -2.35. The predicted molar refractivity (Wildman–Crippen MR) is 98.6 cm³/mol. The van der Waals surface area contributed by atoms with Crippen LogP contribution in [0.3, 0.4) is 0 Å². The first-order chi connectivity index (χ1) is 12.8. The molecule has 1 unspecified atom stereocenters. The number of pyridine rings is 1. The SMILES string of the molecule is CCN(c1cncc(C(=O)Nc2ccc(F)c(F)c2)c1)C1CCS(=O)(=O)C1. The lowest BCUT2D eigenvalue weighted by Crippen LogP contribution is -2.36. The largest absolute Gasteiger partial charge is 0.367 e. The Morgan fingerprint density at radius 1 is 1.26 bits per heavy atom. The van der Waals surface area contributed by atoms with Crippen LogP contribution in [-0.4, -0.2) is 43.4 Å². The molecule has 0 saturated carbocycles. The number of hydrogen-bond donors (Lipinski definition) is 1. The van der Waals surface area contributed by atoms with Crippen molar-refractivity contribution >= 4 is 27.1 Å². The van der Waals surface area contributed by atoms with E-state index in [9.17, 15) is 22.0 Å². The fourth-order valence-corrected chi connectivity index (χ4v) is 4.89. The van der Waals surface area contributed by atoms with Crippen LogP contribution in [0.2, 0.25) is 0 Å². The molecule has 0 radical (unpaired) electrons. The van der Waals surface area contributed by atoms with Crippen LogP contribution < -0.4 is 10.2 Å². The average molecular weight is 395 g/mol. The second-order valence-corrected chi connectivity index (χ2v) is 8.59. The Hall–Kier alpha value is -2.55. The van der Waals surface area contributed by atoms with Crippen molar-refractivity contribution in [1.82, 2.24) is 4.98 Å². The molecule has 1 fully saturated rings. The fraction of sp³-hybridized carbons (Fsp3) is 0.333. The number of nitrogens with one attached hydrogen (secondary N) is 1. The Bertz CT molecular complexity index is 966. The second-order valence-electron chi connectivity index (χ2n) is 6.36. The number of rotatable bonds is 5. The summed E-state index contributed by atoms with van der Waals surface area (Å²) in [5, 5.41) is 2.49. The van der Waals surface area contributed by atoms with Crippen LogP contribution >= 0.6 is 0 Å². The van der Waals surface area contributed by atoms with E-state index in [0.29, 0.717) is 18.7 Å². The zero-order valence-electron chi connectivity index (χ0n) is 14.7. The summed E-state index contributed by atoms with van der Waals surface area (Å²) in [6.07, 6.45) is 3.46. The second kappa shape index (κ2) is 7.59. The molecular weight excluding hydrogens is 376 g/mol. The van der Waals surface area contributed by atoms with E-state index in [0.717, 1.165) is 12.1 Å². The van der Waals surface area contributed by atoms with Gasteiger partial charge in [-0.1, -0.05) is 0 Å². The highest BCUT2D eigenvalue weighted by molar-refractivity contribution is 7.91. The van der Waals surface area contributed by atoms with Gasteiger partial charge in [0.15, 0.2) is 21.5 Å². The molecule has 1 aromatic carbocycles. The van der Waals surface area contributed by atoms with Gasteiger partial charge >= 0.3 is 0 Å². The predicted octanol–water partition coefficient (Wildman–Crippen LogP) is 2.63. The third-order valence-electron chi connectivity index (χ3n) is 4.48. The summed E-state index contributed by atoms with van der Waals surface area (Å²) >= 11 is 0. The Balaban J connectivity index is 1.79. The molecule has 6 nitrogen and oxygen atoms in total. The molecule has 1 aliphatic heterocycles. The summed E-state index contributed by atoms with van der Waals surface area (Å²) in [6, 6.07) is 4.53. The topological polar surface area (TPSA) is 79.4 Å². The minimum Gasteiger partial charge on any atom is -0.367 e. The minimum atomic E-state index is -3.04. The van der Waals surface area contributed by atoms with Gasteiger partial charge in [0, 0.05) is 30.5 Å². The van der Waals surface area contributed by atoms with Crippen LogP contribution in [0.25, 0.3) is 0 Å². The molecule has 144 valence electrons. The Kier molecular flexibility index (Phi) is 5.41. The molecule has 27 heavy (non-hydrogen) atoms. The standard InChI is InChI=1S/C18H19F2N3O3S/c1-2-23(14-5-6-27(25,26)11-14)15-7-12(9-21-10-15)18(24)22-13-3-4-16(19)17(20)8-13/h3-4,7-10,14H,2,5-6,11H2,1H3,(H,22,24). The molecule has 1 aromatic heterocycles. The van der Waals surface area contributed by atoms with E-state index in [4.69, 9.17) is 0 Å². The highest BCUT2D eigenvalue weighted by atomic mass is 32.2. The van der Waals surface area contributed by atoms with Gasteiger partial charge < -0.3 is 10.2 Å². The van der Waals surface area contributed by atoms with Gasteiger partial charge in [-0.25, -0.2) is 17.2 Å². The van der Waals surface area contributed by atoms with Crippen LogP contribution in [0.15, 0.2) is 36.7 Å². The fourth-order valence-electron chi connectivity index (χ4n) is 3.16. The maximum atomic E-state index is 13.3. The zero-order valence-corrected chi connectivity index (χ0v) is 15.5. The average Bonchev–Trinajstić information content (AvgIpc) is 2.98. The van der Waals surface area contributed by atoms with Crippen molar-refractivity contribution in [1.29, 1.82) is 0 Å². The third kappa shape index (κ3) is 4.41. The summed E-state index contributed by atoms with van der Waals surface area (Å²) in [6.45, 7) is 2.47. The number of amides is 1. The van der Waals surface area contributed by atoms with Crippen LogP contribution in [0, 0.1) is 11.6 Å².